The van der Waals surface area contributed by atoms with E-state index < -0.39 is 0 Å². The summed E-state index contributed by atoms with van der Waals surface area (Å²) in [6.45, 7) is 9.23. The maximum absolute atomic E-state index is 3.76. The largest absolute Gasteiger partial charge is 0.311 e. The molecule has 1 rings (SSSR count). The first-order chi connectivity index (χ1) is 6.13. The normalized spacial score (nSPS) is 21.9. The van der Waals surface area contributed by atoms with Gasteiger partial charge < -0.3 is 5.32 Å². The lowest BCUT2D eigenvalue weighted by Gasteiger charge is -2.23. The van der Waals surface area contributed by atoms with Crippen molar-refractivity contribution < 1.29 is 0 Å². The van der Waals surface area contributed by atoms with Gasteiger partial charge in [-0.3, -0.25) is 0 Å². The lowest BCUT2D eigenvalue weighted by Crippen LogP contribution is -2.38. The van der Waals surface area contributed by atoms with Crippen LogP contribution in [0.4, 0.5) is 0 Å². The zero-order valence-corrected chi connectivity index (χ0v) is 9.64. The Morgan fingerprint density at radius 1 is 1.23 bits per heavy atom. The third-order valence-corrected chi connectivity index (χ3v) is 2.95. The molecule has 0 aromatic heterocycles. The number of hydrogen-bond acceptors (Lipinski definition) is 1. The summed E-state index contributed by atoms with van der Waals surface area (Å²) >= 11 is 0. The summed E-state index contributed by atoms with van der Waals surface area (Å²) in [4.78, 5) is 0. The molecule has 78 valence electrons. The highest BCUT2D eigenvalue weighted by atomic mass is 15.0. The zero-order chi connectivity index (χ0) is 9.84. The van der Waals surface area contributed by atoms with Crippen molar-refractivity contribution in [3.05, 3.63) is 0 Å². The summed E-state index contributed by atoms with van der Waals surface area (Å²) in [6, 6.07) is 1.50. The van der Waals surface area contributed by atoms with Crippen LogP contribution in [0.15, 0.2) is 0 Å². The second-order valence-electron chi connectivity index (χ2n) is 5.05. The highest BCUT2D eigenvalue weighted by Crippen LogP contribution is 2.34. The Kier molecular flexibility index (Phi) is 4.24. The summed E-state index contributed by atoms with van der Waals surface area (Å²) in [5.41, 5.74) is 0. The van der Waals surface area contributed by atoms with Gasteiger partial charge in [-0.15, -0.1) is 0 Å². The van der Waals surface area contributed by atoms with E-state index in [-0.39, 0.29) is 0 Å². The SMILES string of the molecule is CCC(NC(C)CC(C)C)C1CC1. The molecule has 0 amide bonds. The van der Waals surface area contributed by atoms with Crippen molar-refractivity contribution in [3.8, 4) is 0 Å². The van der Waals surface area contributed by atoms with Crippen LogP contribution in [0, 0.1) is 11.8 Å². The van der Waals surface area contributed by atoms with Gasteiger partial charge in [0.25, 0.3) is 0 Å². The molecule has 0 spiro atoms. The second kappa shape index (κ2) is 4.99. The Morgan fingerprint density at radius 3 is 2.23 bits per heavy atom. The van der Waals surface area contributed by atoms with Crippen LogP contribution in [0.5, 0.6) is 0 Å². The number of rotatable bonds is 6. The van der Waals surface area contributed by atoms with E-state index >= 15 is 0 Å². The van der Waals surface area contributed by atoms with E-state index in [0.717, 1.165) is 17.9 Å². The summed E-state index contributed by atoms with van der Waals surface area (Å²) < 4.78 is 0. The van der Waals surface area contributed by atoms with E-state index in [0.29, 0.717) is 6.04 Å². The summed E-state index contributed by atoms with van der Waals surface area (Å²) in [5, 5.41) is 3.76. The average molecular weight is 183 g/mol. The van der Waals surface area contributed by atoms with Crippen molar-refractivity contribution >= 4 is 0 Å². The summed E-state index contributed by atoms with van der Waals surface area (Å²) in [5.74, 6) is 1.82. The zero-order valence-electron chi connectivity index (χ0n) is 9.64. The molecule has 2 unspecified atom stereocenters. The topological polar surface area (TPSA) is 12.0 Å². The molecule has 0 aromatic rings. The monoisotopic (exact) mass is 183 g/mol. The standard InChI is InChI=1S/C12H25N/c1-5-12(11-6-7-11)13-10(4)8-9(2)3/h9-13H,5-8H2,1-4H3. The molecule has 1 aliphatic carbocycles. The van der Waals surface area contributed by atoms with Crippen molar-refractivity contribution in [2.45, 2.75) is 65.5 Å². The third-order valence-electron chi connectivity index (χ3n) is 2.95. The predicted molar refractivity (Wildman–Crippen MR) is 58.9 cm³/mol. The first-order valence-corrected chi connectivity index (χ1v) is 5.89. The van der Waals surface area contributed by atoms with E-state index in [4.69, 9.17) is 0 Å². The minimum absolute atomic E-state index is 0.700. The lowest BCUT2D eigenvalue weighted by atomic mass is 10.0. The van der Waals surface area contributed by atoms with Crippen LogP contribution in [0.2, 0.25) is 0 Å². The van der Waals surface area contributed by atoms with Gasteiger partial charge in [0.1, 0.15) is 0 Å². The quantitative estimate of drug-likeness (QED) is 0.667. The Hall–Kier alpha value is -0.0400. The highest BCUT2D eigenvalue weighted by molar-refractivity contribution is 4.86. The minimum atomic E-state index is 0.700. The predicted octanol–water partition coefficient (Wildman–Crippen LogP) is 3.20. The Balaban J connectivity index is 2.19. The second-order valence-corrected chi connectivity index (χ2v) is 5.05. The molecule has 1 saturated carbocycles. The van der Waals surface area contributed by atoms with Crippen LogP contribution in [0.3, 0.4) is 0 Å². The molecule has 1 aliphatic rings. The van der Waals surface area contributed by atoms with Crippen molar-refractivity contribution in [2.75, 3.05) is 0 Å². The van der Waals surface area contributed by atoms with Gasteiger partial charge in [0.15, 0.2) is 0 Å². The van der Waals surface area contributed by atoms with Gasteiger partial charge in [-0.2, -0.15) is 0 Å². The first-order valence-electron chi connectivity index (χ1n) is 5.89. The van der Waals surface area contributed by atoms with E-state index in [1.807, 2.05) is 0 Å². The highest BCUT2D eigenvalue weighted by Gasteiger charge is 2.30. The molecule has 0 heterocycles. The van der Waals surface area contributed by atoms with E-state index in [2.05, 4.69) is 33.0 Å². The fourth-order valence-corrected chi connectivity index (χ4v) is 2.23. The third kappa shape index (κ3) is 4.12. The lowest BCUT2D eigenvalue weighted by molar-refractivity contribution is 0.359. The van der Waals surface area contributed by atoms with Gasteiger partial charge in [-0.25, -0.2) is 0 Å². The molecular weight excluding hydrogens is 158 g/mol. The van der Waals surface area contributed by atoms with Gasteiger partial charge in [0.2, 0.25) is 0 Å². The molecule has 0 aliphatic heterocycles. The molecule has 1 nitrogen and oxygen atoms in total. The van der Waals surface area contributed by atoms with Crippen molar-refractivity contribution in [3.63, 3.8) is 0 Å². The van der Waals surface area contributed by atoms with Crippen LogP contribution < -0.4 is 5.32 Å². The van der Waals surface area contributed by atoms with Crippen LogP contribution >= 0.6 is 0 Å². The molecule has 1 fully saturated rings. The van der Waals surface area contributed by atoms with E-state index in [1.54, 1.807) is 0 Å². The Bertz CT molecular complexity index is 138. The van der Waals surface area contributed by atoms with Gasteiger partial charge >= 0.3 is 0 Å². The molecular formula is C12H25N. The van der Waals surface area contributed by atoms with Crippen LogP contribution in [-0.4, -0.2) is 12.1 Å². The molecule has 0 bridgehead atoms. The van der Waals surface area contributed by atoms with Crippen LogP contribution in [0.25, 0.3) is 0 Å². The van der Waals surface area contributed by atoms with Gasteiger partial charge in [0, 0.05) is 12.1 Å². The molecule has 0 radical (unpaired) electrons. The van der Waals surface area contributed by atoms with Gasteiger partial charge in [-0.1, -0.05) is 20.8 Å². The van der Waals surface area contributed by atoms with Crippen LogP contribution in [0.1, 0.15) is 53.4 Å². The summed E-state index contributed by atoms with van der Waals surface area (Å²) in [6.07, 6.45) is 5.52. The maximum Gasteiger partial charge on any atom is 0.00951 e. The molecule has 1 heteroatoms. The Labute approximate surface area is 83.3 Å². The van der Waals surface area contributed by atoms with Gasteiger partial charge in [0.05, 0.1) is 0 Å². The summed E-state index contributed by atoms with van der Waals surface area (Å²) in [7, 11) is 0. The molecule has 0 aromatic carbocycles. The molecule has 1 N–H and O–H groups in total. The Morgan fingerprint density at radius 2 is 1.85 bits per heavy atom. The number of nitrogens with one attached hydrogen (secondary N) is 1. The minimum Gasteiger partial charge on any atom is -0.311 e. The molecule has 13 heavy (non-hydrogen) atoms. The molecule has 2 atom stereocenters. The van der Waals surface area contributed by atoms with Crippen molar-refractivity contribution in [1.29, 1.82) is 0 Å². The number of hydrogen-bond donors (Lipinski definition) is 1. The van der Waals surface area contributed by atoms with Crippen molar-refractivity contribution in [2.24, 2.45) is 11.8 Å². The van der Waals surface area contributed by atoms with Crippen molar-refractivity contribution in [1.82, 2.24) is 5.32 Å². The van der Waals surface area contributed by atoms with Crippen LogP contribution in [-0.2, 0) is 0 Å². The van der Waals surface area contributed by atoms with E-state index in [1.165, 1.54) is 25.7 Å². The smallest absolute Gasteiger partial charge is 0.00951 e. The van der Waals surface area contributed by atoms with Gasteiger partial charge in [-0.05, 0) is 44.4 Å². The first kappa shape index (κ1) is 11.0. The maximum atomic E-state index is 3.76. The fourth-order valence-electron chi connectivity index (χ4n) is 2.23. The van der Waals surface area contributed by atoms with E-state index in [9.17, 15) is 0 Å². The fraction of sp³-hybridized carbons (Fsp3) is 1.00. The molecule has 0 saturated heterocycles. The average Bonchev–Trinajstić information content (AvgIpc) is 2.81.